The van der Waals surface area contributed by atoms with Crippen molar-refractivity contribution in [3.63, 3.8) is 0 Å². The zero-order valence-electron chi connectivity index (χ0n) is 12.6. The molecule has 2 rings (SSSR count). The van der Waals surface area contributed by atoms with E-state index in [9.17, 15) is 0 Å². The Balaban J connectivity index is 1.98. The molecule has 1 aliphatic rings. The minimum absolute atomic E-state index is 0.599. The van der Waals surface area contributed by atoms with Crippen LogP contribution in [0.2, 0.25) is 0 Å². The van der Waals surface area contributed by atoms with Crippen LogP contribution in [0.1, 0.15) is 39.3 Å². The Morgan fingerprint density at radius 3 is 2.89 bits per heavy atom. The topological polar surface area (TPSA) is 46.0 Å². The summed E-state index contributed by atoms with van der Waals surface area (Å²) in [5.74, 6) is 0.740. The summed E-state index contributed by atoms with van der Waals surface area (Å²) in [6.45, 7) is 10.0. The van der Waals surface area contributed by atoms with Crippen molar-refractivity contribution in [3.05, 3.63) is 11.9 Å². The van der Waals surface area contributed by atoms with E-state index in [1.807, 2.05) is 13.2 Å². The molecule has 2 atom stereocenters. The summed E-state index contributed by atoms with van der Waals surface area (Å²) in [5.41, 5.74) is 1.07. The summed E-state index contributed by atoms with van der Waals surface area (Å²) >= 11 is 0. The van der Waals surface area contributed by atoms with E-state index in [4.69, 9.17) is 0 Å². The monoisotopic (exact) mass is 265 g/mol. The molecule has 1 aromatic rings. The van der Waals surface area contributed by atoms with E-state index in [2.05, 4.69) is 41.3 Å². The van der Waals surface area contributed by atoms with Gasteiger partial charge in [0.05, 0.1) is 5.69 Å². The van der Waals surface area contributed by atoms with Crippen LogP contribution in [-0.2, 0) is 13.6 Å². The summed E-state index contributed by atoms with van der Waals surface area (Å²) in [5, 5.41) is 11.9. The molecular formula is C14H27N5. The molecule has 2 heterocycles. The maximum Gasteiger partial charge on any atom is 0.0967 e. The highest BCUT2D eigenvalue weighted by atomic mass is 15.4. The second-order valence-electron chi connectivity index (χ2n) is 6.23. The van der Waals surface area contributed by atoms with E-state index >= 15 is 0 Å². The van der Waals surface area contributed by atoms with Crippen LogP contribution >= 0.6 is 0 Å². The van der Waals surface area contributed by atoms with Gasteiger partial charge in [-0.2, -0.15) is 0 Å². The van der Waals surface area contributed by atoms with Gasteiger partial charge in [0.1, 0.15) is 0 Å². The Morgan fingerprint density at radius 2 is 2.26 bits per heavy atom. The van der Waals surface area contributed by atoms with Gasteiger partial charge in [0, 0.05) is 38.4 Å². The van der Waals surface area contributed by atoms with Crippen molar-refractivity contribution >= 4 is 0 Å². The van der Waals surface area contributed by atoms with E-state index in [0.717, 1.165) is 31.2 Å². The Bertz CT molecular complexity index is 387. The van der Waals surface area contributed by atoms with Gasteiger partial charge in [-0.15, -0.1) is 5.10 Å². The lowest BCUT2D eigenvalue weighted by molar-refractivity contribution is 0.187. The highest BCUT2D eigenvalue weighted by Gasteiger charge is 2.24. The van der Waals surface area contributed by atoms with Crippen LogP contribution in [0.3, 0.4) is 0 Å². The van der Waals surface area contributed by atoms with E-state index in [1.165, 1.54) is 12.8 Å². The average molecular weight is 265 g/mol. The summed E-state index contributed by atoms with van der Waals surface area (Å²) in [6, 6.07) is 1.20. The summed E-state index contributed by atoms with van der Waals surface area (Å²) in [7, 11) is 1.92. The van der Waals surface area contributed by atoms with Gasteiger partial charge in [0.25, 0.3) is 0 Å². The molecule has 108 valence electrons. The maximum absolute atomic E-state index is 4.21. The van der Waals surface area contributed by atoms with Gasteiger partial charge in [0.2, 0.25) is 0 Å². The minimum Gasteiger partial charge on any atom is -0.313 e. The fraction of sp³-hybridized carbons (Fsp3) is 0.857. The van der Waals surface area contributed by atoms with Gasteiger partial charge in [-0.1, -0.05) is 19.1 Å². The molecule has 19 heavy (non-hydrogen) atoms. The minimum atomic E-state index is 0.599. The normalized spacial score (nSPS) is 25.7. The molecule has 5 heteroatoms. The van der Waals surface area contributed by atoms with Crippen molar-refractivity contribution < 1.29 is 0 Å². The number of hydrogen-bond acceptors (Lipinski definition) is 4. The van der Waals surface area contributed by atoms with Crippen LogP contribution in [0.25, 0.3) is 0 Å². The van der Waals surface area contributed by atoms with Gasteiger partial charge < -0.3 is 5.32 Å². The number of nitrogens with zero attached hydrogens (tertiary/aromatic N) is 4. The lowest BCUT2D eigenvalue weighted by Crippen LogP contribution is -2.40. The lowest BCUT2D eigenvalue weighted by atomic mass is 10.0. The first-order chi connectivity index (χ1) is 9.04. The van der Waals surface area contributed by atoms with Crippen molar-refractivity contribution in [1.29, 1.82) is 0 Å². The van der Waals surface area contributed by atoms with Crippen LogP contribution in [-0.4, -0.2) is 45.1 Å². The molecule has 1 aromatic heterocycles. The highest BCUT2D eigenvalue weighted by molar-refractivity contribution is 4.94. The van der Waals surface area contributed by atoms with Gasteiger partial charge >= 0.3 is 0 Å². The van der Waals surface area contributed by atoms with Crippen LogP contribution in [0, 0.1) is 5.92 Å². The SMILES string of the molecule is CC(C)CC1CN(Cc2cn(C)nn2)C(C)CCN1. The van der Waals surface area contributed by atoms with E-state index in [0.29, 0.717) is 12.1 Å². The molecule has 0 bridgehead atoms. The Morgan fingerprint density at radius 1 is 1.47 bits per heavy atom. The quantitative estimate of drug-likeness (QED) is 0.894. The molecule has 1 N–H and O–H groups in total. The summed E-state index contributed by atoms with van der Waals surface area (Å²) in [4.78, 5) is 2.54. The van der Waals surface area contributed by atoms with Crippen LogP contribution < -0.4 is 5.32 Å². The fourth-order valence-electron chi connectivity index (χ4n) is 2.83. The third-order valence-electron chi connectivity index (χ3n) is 3.84. The van der Waals surface area contributed by atoms with Crippen molar-refractivity contribution in [3.8, 4) is 0 Å². The summed E-state index contributed by atoms with van der Waals surface area (Å²) in [6.07, 6.45) is 4.46. The van der Waals surface area contributed by atoms with Gasteiger partial charge in [-0.25, -0.2) is 0 Å². The predicted molar refractivity (Wildman–Crippen MR) is 76.7 cm³/mol. The molecule has 2 unspecified atom stereocenters. The molecule has 0 spiro atoms. The van der Waals surface area contributed by atoms with Crippen LogP contribution in [0.5, 0.6) is 0 Å². The molecule has 5 nitrogen and oxygen atoms in total. The smallest absolute Gasteiger partial charge is 0.0967 e. The van der Waals surface area contributed by atoms with Crippen molar-refractivity contribution in [2.75, 3.05) is 13.1 Å². The molecule has 0 amide bonds. The number of aryl methyl sites for hydroxylation is 1. The fourth-order valence-corrected chi connectivity index (χ4v) is 2.83. The molecule has 0 aliphatic carbocycles. The zero-order valence-corrected chi connectivity index (χ0v) is 12.6. The average Bonchev–Trinajstić information content (AvgIpc) is 2.64. The Kier molecular flexibility index (Phi) is 4.93. The van der Waals surface area contributed by atoms with E-state index < -0.39 is 0 Å². The number of rotatable bonds is 4. The van der Waals surface area contributed by atoms with Gasteiger partial charge in [-0.05, 0) is 32.2 Å². The second-order valence-corrected chi connectivity index (χ2v) is 6.23. The van der Waals surface area contributed by atoms with Crippen molar-refractivity contribution in [2.45, 2.75) is 52.2 Å². The van der Waals surface area contributed by atoms with E-state index in [1.54, 1.807) is 4.68 Å². The first-order valence-electron chi connectivity index (χ1n) is 7.37. The summed E-state index contributed by atoms with van der Waals surface area (Å²) < 4.78 is 1.78. The largest absolute Gasteiger partial charge is 0.313 e. The first-order valence-corrected chi connectivity index (χ1v) is 7.37. The Hall–Kier alpha value is -0.940. The predicted octanol–water partition coefficient (Wildman–Crippen LogP) is 1.41. The molecule has 1 saturated heterocycles. The Labute approximate surface area is 116 Å². The molecule has 0 radical (unpaired) electrons. The number of hydrogen-bond donors (Lipinski definition) is 1. The second kappa shape index (κ2) is 6.48. The third kappa shape index (κ3) is 4.28. The van der Waals surface area contributed by atoms with Gasteiger partial charge in [0.15, 0.2) is 0 Å². The third-order valence-corrected chi connectivity index (χ3v) is 3.84. The maximum atomic E-state index is 4.21. The highest BCUT2D eigenvalue weighted by Crippen LogP contribution is 2.16. The first kappa shape index (κ1) is 14.5. The van der Waals surface area contributed by atoms with Crippen LogP contribution in [0.4, 0.5) is 0 Å². The van der Waals surface area contributed by atoms with Gasteiger partial charge in [-0.3, -0.25) is 9.58 Å². The number of aromatic nitrogens is 3. The van der Waals surface area contributed by atoms with E-state index in [-0.39, 0.29) is 0 Å². The molecule has 0 saturated carbocycles. The molecule has 1 aliphatic heterocycles. The molecule has 1 fully saturated rings. The molecular weight excluding hydrogens is 238 g/mol. The van der Waals surface area contributed by atoms with Crippen molar-refractivity contribution in [1.82, 2.24) is 25.2 Å². The lowest BCUT2D eigenvalue weighted by Gasteiger charge is -2.28. The molecule has 0 aromatic carbocycles. The number of nitrogens with one attached hydrogen (secondary N) is 1. The van der Waals surface area contributed by atoms with Crippen LogP contribution in [0.15, 0.2) is 6.20 Å². The van der Waals surface area contributed by atoms with Crippen molar-refractivity contribution in [2.24, 2.45) is 13.0 Å². The standard InChI is InChI=1S/C14H27N5/c1-11(2)7-13-9-19(12(3)5-6-15-13)10-14-8-18(4)17-16-14/h8,11-13,15H,5-7,9-10H2,1-4H3. The zero-order chi connectivity index (χ0) is 13.8.